The second-order valence-corrected chi connectivity index (χ2v) is 14.7. The van der Waals surface area contributed by atoms with E-state index in [-0.39, 0.29) is 5.92 Å². The van der Waals surface area contributed by atoms with E-state index in [1.807, 2.05) is 54.6 Å². The number of hydrogen-bond donors (Lipinski definition) is 0. The van der Waals surface area contributed by atoms with Crippen LogP contribution < -0.4 is 0 Å². The highest BCUT2D eigenvalue weighted by Crippen LogP contribution is 2.56. The average Bonchev–Trinajstić information content (AvgIpc) is 4.00. The van der Waals surface area contributed by atoms with Gasteiger partial charge in [-0.05, 0) is 95.3 Å². The number of fused-ring (bicyclic) bond motifs is 13. The number of furan rings is 2. The summed E-state index contributed by atoms with van der Waals surface area (Å²) in [7, 11) is 0. The van der Waals surface area contributed by atoms with Crippen molar-refractivity contribution >= 4 is 71.3 Å². The molecule has 7 aromatic carbocycles. The molecule has 0 radical (unpaired) electrons. The molecular weight excluding hydrogens is 687 g/mol. The Morgan fingerprint density at radius 1 is 0.661 bits per heavy atom. The Bertz CT molecular complexity index is 3520. The van der Waals surface area contributed by atoms with E-state index in [1.54, 1.807) is 0 Å². The number of para-hydroxylation sites is 3. The molecule has 0 saturated heterocycles. The van der Waals surface area contributed by atoms with E-state index >= 15 is 0 Å². The van der Waals surface area contributed by atoms with Crippen LogP contribution >= 0.6 is 0 Å². The number of rotatable bonds is 3. The zero-order valence-electron chi connectivity index (χ0n) is 29.9. The Morgan fingerprint density at radius 3 is 2.30 bits per heavy atom. The highest BCUT2D eigenvalue weighted by Gasteiger charge is 2.38. The molecule has 2 aliphatic rings. The number of benzene rings is 6. The molecule has 0 aliphatic heterocycles. The minimum absolute atomic E-state index is 0.246. The van der Waals surface area contributed by atoms with Crippen LogP contribution in [0.1, 0.15) is 41.0 Å². The molecule has 1 atom stereocenters. The minimum atomic E-state index is -0.246. The molecule has 3 aromatic heterocycles. The van der Waals surface area contributed by atoms with Gasteiger partial charge in [-0.15, -0.1) is 0 Å². The van der Waals surface area contributed by atoms with Crippen LogP contribution in [-0.4, -0.2) is 4.57 Å². The van der Waals surface area contributed by atoms with Gasteiger partial charge >= 0.3 is 0 Å². The summed E-state index contributed by atoms with van der Waals surface area (Å²) in [4.78, 5) is 0. The predicted molar refractivity (Wildman–Crippen MR) is 221 cm³/mol. The van der Waals surface area contributed by atoms with Crippen LogP contribution in [0.2, 0.25) is 0 Å². The second-order valence-electron chi connectivity index (χ2n) is 14.7. The highest BCUT2D eigenvalue weighted by molar-refractivity contribution is 6.24. The van der Waals surface area contributed by atoms with Gasteiger partial charge in [0.2, 0.25) is 0 Å². The van der Waals surface area contributed by atoms with Gasteiger partial charge in [0.05, 0.1) is 45.4 Å². The molecule has 0 spiro atoms. The number of hydrogen-bond acceptors (Lipinski definition) is 4. The fraction of sp³-hybridized carbons (Fsp3) is 0.0588. The summed E-state index contributed by atoms with van der Waals surface area (Å²) in [6, 6.07) is 55.3. The van der Waals surface area contributed by atoms with E-state index in [1.165, 1.54) is 5.57 Å². The molecule has 258 valence electrons. The van der Waals surface area contributed by atoms with Crippen LogP contribution in [0, 0.1) is 34.8 Å². The molecule has 1 unspecified atom stereocenters. The van der Waals surface area contributed by atoms with Crippen molar-refractivity contribution in [3.05, 3.63) is 179 Å². The Kier molecular flexibility index (Phi) is 6.22. The first-order valence-corrected chi connectivity index (χ1v) is 18.8. The zero-order valence-corrected chi connectivity index (χ0v) is 29.9. The lowest BCUT2D eigenvalue weighted by Gasteiger charge is -2.24. The molecule has 5 heteroatoms. The van der Waals surface area contributed by atoms with Crippen molar-refractivity contribution in [3.8, 4) is 29.0 Å². The number of allylic oxidation sites excluding steroid dienone is 4. The van der Waals surface area contributed by atoms with Crippen molar-refractivity contribution in [1.29, 1.82) is 10.5 Å². The summed E-state index contributed by atoms with van der Waals surface area (Å²) in [6.45, 7) is 0. The van der Waals surface area contributed by atoms with E-state index in [9.17, 15) is 10.5 Å². The van der Waals surface area contributed by atoms with Crippen LogP contribution in [0.3, 0.4) is 0 Å². The third kappa shape index (κ3) is 4.03. The first-order chi connectivity index (χ1) is 27.7. The van der Waals surface area contributed by atoms with E-state index in [2.05, 4.69) is 108 Å². The summed E-state index contributed by atoms with van der Waals surface area (Å²) in [5.74, 6) is -0.246. The fourth-order valence-electron chi connectivity index (χ4n) is 9.68. The molecular formula is C51H27N3O2. The molecule has 0 bridgehead atoms. The largest absolute Gasteiger partial charge is 0.456 e. The van der Waals surface area contributed by atoms with Gasteiger partial charge in [0.1, 0.15) is 22.3 Å². The third-order valence-corrected chi connectivity index (χ3v) is 12.0. The van der Waals surface area contributed by atoms with Gasteiger partial charge in [-0.1, -0.05) is 91.0 Å². The van der Waals surface area contributed by atoms with Gasteiger partial charge in [0.15, 0.2) is 0 Å². The molecule has 2 aliphatic carbocycles. The predicted octanol–water partition coefficient (Wildman–Crippen LogP) is 12.9. The van der Waals surface area contributed by atoms with Crippen molar-refractivity contribution < 1.29 is 8.83 Å². The molecule has 0 N–H and O–H groups in total. The van der Waals surface area contributed by atoms with E-state index < -0.39 is 0 Å². The Balaban J connectivity index is 1.17. The molecule has 3 heterocycles. The molecule has 0 fully saturated rings. The molecule has 10 aromatic rings. The van der Waals surface area contributed by atoms with Gasteiger partial charge in [-0.3, -0.25) is 0 Å². The van der Waals surface area contributed by atoms with Gasteiger partial charge in [0, 0.05) is 44.0 Å². The summed E-state index contributed by atoms with van der Waals surface area (Å²) in [5, 5.41) is 27.5. The van der Waals surface area contributed by atoms with Gasteiger partial charge in [0.25, 0.3) is 0 Å². The van der Waals surface area contributed by atoms with Crippen LogP contribution in [-0.2, 0) is 0 Å². The number of nitrogens with zero attached hydrogens (tertiary/aromatic N) is 3. The molecule has 0 amide bonds. The van der Waals surface area contributed by atoms with Gasteiger partial charge < -0.3 is 13.4 Å². The van der Waals surface area contributed by atoms with Crippen molar-refractivity contribution in [2.45, 2.75) is 18.8 Å². The summed E-state index contributed by atoms with van der Waals surface area (Å²) >= 11 is 0. The van der Waals surface area contributed by atoms with Crippen LogP contribution in [0.25, 0.3) is 88.1 Å². The lowest BCUT2D eigenvalue weighted by Crippen LogP contribution is -2.08. The van der Waals surface area contributed by atoms with Gasteiger partial charge in [-0.25, -0.2) is 0 Å². The van der Waals surface area contributed by atoms with Crippen LogP contribution in [0.5, 0.6) is 0 Å². The number of aromatic nitrogens is 1. The van der Waals surface area contributed by atoms with E-state index in [4.69, 9.17) is 8.83 Å². The highest BCUT2D eigenvalue weighted by atomic mass is 16.3. The Morgan fingerprint density at radius 2 is 1.45 bits per heavy atom. The summed E-state index contributed by atoms with van der Waals surface area (Å²) < 4.78 is 15.4. The standard InChI is InChI=1S/C51H27N3O2/c52-27-29-20-21-35-40(26-29)48-39(23-22-37-33-13-3-7-18-43(33)56-51(37)48)47(35)46-30(28-53)10-9-15-34(46)31-11-1-5-16-41(31)54-42-17-6-2-12-32(42)36-24-25-45-49(50(36)54)38-14-4-8-19-44(38)55-45/h2-10,12-19,22-26,47H,20-21H2. The summed E-state index contributed by atoms with van der Waals surface area (Å²) in [5.41, 5.74) is 14.7. The molecule has 0 saturated carbocycles. The van der Waals surface area contributed by atoms with E-state index in [0.29, 0.717) is 18.4 Å². The fourth-order valence-corrected chi connectivity index (χ4v) is 9.68. The Hall–Kier alpha value is -7.78. The number of nitriles is 2. The van der Waals surface area contributed by atoms with Crippen LogP contribution in [0.4, 0.5) is 0 Å². The van der Waals surface area contributed by atoms with Crippen molar-refractivity contribution in [2.24, 2.45) is 0 Å². The molecule has 12 rings (SSSR count). The maximum atomic E-state index is 10.9. The third-order valence-electron chi connectivity index (χ3n) is 12.0. The SMILES string of the molecule is N#CC1=CC2=C(CC1)C(c1c(C#N)cccc1-c1c#cccc1-n1c3ccccc3c3ccc4oc5ccccc5c4c31)c1ccc3c(oc4ccccc43)c12. The summed E-state index contributed by atoms with van der Waals surface area (Å²) in [6.07, 6.45) is 3.38. The molecule has 5 nitrogen and oxygen atoms in total. The first kappa shape index (κ1) is 30.7. The van der Waals surface area contributed by atoms with Gasteiger partial charge in [-0.2, -0.15) is 10.5 Å². The normalized spacial score (nSPS) is 15.0. The second kappa shape index (κ2) is 11.4. The van der Waals surface area contributed by atoms with E-state index in [0.717, 1.165) is 110 Å². The smallest absolute Gasteiger partial charge is 0.143 e. The zero-order chi connectivity index (χ0) is 37.1. The average molecular weight is 714 g/mol. The molecule has 56 heavy (non-hydrogen) atoms. The Labute approximate surface area is 320 Å². The lowest BCUT2D eigenvalue weighted by molar-refractivity contribution is 0.667. The monoisotopic (exact) mass is 713 g/mol. The van der Waals surface area contributed by atoms with Crippen molar-refractivity contribution in [3.63, 3.8) is 0 Å². The maximum absolute atomic E-state index is 10.9. The van der Waals surface area contributed by atoms with Crippen LogP contribution in [0.15, 0.2) is 153 Å². The first-order valence-electron chi connectivity index (χ1n) is 18.8. The van der Waals surface area contributed by atoms with Crippen molar-refractivity contribution in [1.82, 2.24) is 4.57 Å². The minimum Gasteiger partial charge on any atom is -0.456 e. The topological polar surface area (TPSA) is 78.8 Å². The quantitative estimate of drug-likeness (QED) is 0.183. The lowest BCUT2D eigenvalue weighted by atomic mass is 9.78. The maximum Gasteiger partial charge on any atom is 0.143 e. The van der Waals surface area contributed by atoms with Crippen molar-refractivity contribution in [2.75, 3.05) is 0 Å².